The number of aryl methyl sites for hydroxylation is 1. The Morgan fingerprint density at radius 1 is 1.10 bits per heavy atom. The van der Waals surface area contributed by atoms with E-state index in [9.17, 15) is 0 Å². The summed E-state index contributed by atoms with van der Waals surface area (Å²) in [5, 5.41) is 7.59. The third-order valence-corrected chi connectivity index (χ3v) is 3.61. The quantitative estimate of drug-likeness (QED) is 0.615. The Kier molecular flexibility index (Phi) is 4.99. The molecule has 0 aliphatic heterocycles. The molecule has 0 spiro atoms. The van der Waals surface area contributed by atoms with Crippen molar-refractivity contribution in [2.45, 2.75) is 26.7 Å². The van der Waals surface area contributed by atoms with E-state index in [2.05, 4.69) is 42.2 Å². The van der Waals surface area contributed by atoms with Crippen LogP contribution in [0.4, 0.5) is 11.4 Å². The lowest BCUT2D eigenvalue weighted by molar-refractivity contribution is 0.785. The number of benzene rings is 2. The molecule has 0 heterocycles. The molecule has 3 nitrogen and oxygen atoms in total. The zero-order valence-corrected chi connectivity index (χ0v) is 12.8. The highest BCUT2D eigenvalue weighted by Gasteiger charge is 2.10. The molecule has 2 rings (SSSR count). The number of nitrogens with two attached hydrogens (primary N) is 1. The Bertz CT molecular complexity index is 605. The maximum absolute atomic E-state index is 7.59. The van der Waals surface area contributed by atoms with Gasteiger partial charge >= 0.3 is 0 Å². The van der Waals surface area contributed by atoms with E-state index < -0.39 is 0 Å². The van der Waals surface area contributed by atoms with Crippen molar-refractivity contribution in [1.29, 1.82) is 5.41 Å². The summed E-state index contributed by atoms with van der Waals surface area (Å²) in [5.41, 5.74) is 9.79. The summed E-state index contributed by atoms with van der Waals surface area (Å²) in [7, 11) is 0. The van der Waals surface area contributed by atoms with Crippen LogP contribution >= 0.6 is 0 Å². The van der Waals surface area contributed by atoms with Crippen molar-refractivity contribution in [2.75, 3.05) is 11.4 Å². The number of hydrogen-bond acceptors (Lipinski definition) is 2. The van der Waals surface area contributed by atoms with Crippen molar-refractivity contribution in [1.82, 2.24) is 0 Å². The molecule has 0 aliphatic rings. The van der Waals surface area contributed by atoms with Gasteiger partial charge in [-0.3, -0.25) is 5.41 Å². The lowest BCUT2D eigenvalue weighted by Crippen LogP contribution is -2.19. The first-order valence-corrected chi connectivity index (χ1v) is 7.41. The van der Waals surface area contributed by atoms with Crippen LogP contribution in [0.5, 0.6) is 0 Å². The second-order valence-corrected chi connectivity index (χ2v) is 5.25. The molecule has 0 atom stereocenters. The van der Waals surface area contributed by atoms with E-state index in [0.29, 0.717) is 0 Å². The summed E-state index contributed by atoms with van der Waals surface area (Å²) < 4.78 is 0. The number of para-hydroxylation sites is 1. The maximum Gasteiger partial charge on any atom is 0.123 e. The molecule has 2 aromatic carbocycles. The molecule has 2 aromatic rings. The highest BCUT2D eigenvalue weighted by molar-refractivity contribution is 5.96. The normalized spacial score (nSPS) is 10.4. The molecule has 0 aliphatic carbocycles. The molecular weight excluding hydrogens is 258 g/mol. The van der Waals surface area contributed by atoms with Gasteiger partial charge in [-0.2, -0.15) is 0 Å². The Morgan fingerprint density at radius 2 is 1.81 bits per heavy atom. The Labute approximate surface area is 126 Å². The summed E-state index contributed by atoms with van der Waals surface area (Å²) in [4.78, 5) is 2.32. The van der Waals surface area contributed by atoms with Crippen molar-refractivity contribution in [3.63, 3.8) is 0 Å². The molecule has 3 N–H and O–H groups in total. The smallest absolute Gasteiger partial charge is 0.123 e. The SMILES string of the molecule is CCCCN(c1ccccc1)c1ccc(C(=N)N)c(C)c1. The third kappa shape index (κ3) is 3.63. The summed E-state index contributed by atoms with van der Waals surface area (Å²) in [6.45, 7) is 5.19. The molecule has 3 heteroatoms. The van der Waals surface area contributed by atoms with Crippen molar-refractivity contribution < 1.29 is 0 Å². The number of hydrogen-bond donors (Lipinski definition) is 2. The van der Waals surface area contributed by atoms with Crippen LogP contribution in [0.25, 0.3) is 0 Å². The summed E-state index contributed by atoms with van der Waals surface area (Å²) in [5.74, 6) is 0.124. The predicted octanol–water partition coefficient (Wildman–Crippen LogP) is 4.22. The lowest BCUT2D eigenvalue weighted by atomic mass is 10.1. The molecule has 0 radical (unpaired) electrons. The lowest BCUT2D eigenvalue weighted by Gasteiger charge is -2.25. The van der Waals surface area contributed by atoms with Crippen molar-refractivity contribution >= 4 is 17.2 Å². The first kappa shape index (κ1) is 15.1. The summed E-state index contributed by atoms with van der Waals surface area (Å²) >= 11 is 0. The van der Waals surface area contributed by atoms with Gasteiger partial charge in [0.15, 0.2) is 0 Å². The molecule has 0 saturated carbocycles. The van der Waals surface area contributed by atoms with Gasteiger partial charge in [0.05, 0.1) is 0 Å². The van der Waals surface area contributed by atoms with Crippen LogP contribution in [-0.2, 0) is 0 Å². The van der Waals surface area contributed by atoms with E-state index >= 15 is 0 Å². The van der Waals surface area contributed by atoms with Gasteiger partial charge in [-0.05, 0) is 49.2 Å². The third-order valence-electron chi connectivity index (χ3n) is 3.61. The van der Waals surface area contributed by atoms with Gasteiger partial charge in [0.25, 0.3) is 0 Å². The zero-order valence-electron chi connectivity index (χ0n) is 12.8. The van der Waals surface area contributed by atoms with E-state index in [1.807, 2.05) is 25.1 Å². The van der Waals surface area contributed by atoms with Crippen LogP contribution in [0.1, 0.15) is 30.9 Å². The Morgan fingerprint density at radius 3 is 2.38 bits per heavy atom. The van der Waals surface area contributed by atoms with E-state index in [0.717, 1.165) is 36.2 Å². The number of nitrogens with zero attached hydrogens (tertiary/aromatic N) is 1. The average molecular weight is 281 g/mol. The van der Waals surface area contributed by atoms with Crippen LogP contribution in [0, 0.1) is 12.3 Å². The van der Waals surface area contributed by atoms with Crippen LogP contribution in [-0.4, -0.2) is 12.4 Å². The minimum absolute atomic E-state index is 0.124. The van der Waals surface area contributed by atoms with Gasteiger partial charge in [0.2, 0.25) is 0 Å². The monoisotopic (exact) mass is 281 g/mol. The molecule has 0 saturated heterocycles. The van der Waals surface area contributed by atoms with Crippen LogP contribution < -0.4 is 10.6 Å². The topological polar surface area (TPSA) is 53.1 Å². The van der Waals surface area contributed by atoms with Gasteiger partial charge in [0, 0.05) is 23.5 Å². The number of amidine groups is 1. The Balaban J connectivity index is 2.37. The van der Waals surface area contributed by atoms with Crippen molar-refractivity contribution in [3.05, 3.63) is 59.7 Å². The first-order chi connectivity index (χ1) is 10.1. The van der Waals surface area contributed by atoms with Gasteiger partial charge in [-0.15, -0.1) is 0 Å². The van der Waals surface area contributed by atoms with Gasteiger partial charge in [0.1, 0.15) is 5.84 Å². The number of unbranched alkanes of at least 4 members (excludes halogenated alkanes) is 1. The minimum Gasteiger partial charge on any atom is -0.384 e. The molecule has 21 heavy (non-hydrogen) atoms. The standard InChI is InChI=1S/C18H23N3/c1-3-4-12-21(15-8-6-5-7-9-15)16-10-11-17(18(19)20)14(2)13-16/h5-11,13H,3-4,12H2,1-2H3,(H3,19,20). The number of nitrogen functional groups attached to an aromatic ring is 1. The molecule has 0 amide bonds. The maximum atomic E-state index is 7.59. The van der Waals surface area contributed by atoms with Crippen molar-refractivity contribution in [3.8, 4) is 0 Å². The van der Waals surface area contributed by atoms with Crippen LogP contribution in [0.15, 0.2) is 48.5 Å². The van der Waals surface area contributed by atoms with Crippen molar-refractivity contribution in [2.24, 2.45) is 5.73 Å². The molecule has 110 valence electrons. The molecule has 0 aromatic heterocycles. The van der Waals surface area contributed by atoms with E-state index in [1.54, 1.807) is 0 Å². The van der Waals surface area contributed by atoms with E-state index in [4.69, 9.17) is 11.1 Å². The minimum atomic E-state index is 0.124. The predicted molar refractivity (Wildman–Crippen MR) is 90.6 cm³/mol. The molecule has 0 bridgehead atoms. The first-order valence-electron chi connectivity index (χ1n) is 7.41. The molecule has 0 fully saturated rings. The van der Waals surface area contributed by atoms with Gasteiger partial charge in [-0.1, -0.05) is 31.5 Å². The molecular formula is C18H23N3. The fourth-order valence-corrected chi connectivity index (χ4v) is 2.45. The second-order valence-electron chi connectivity index (χ2n) is 5.25. The number of nitrogens with one attached hydrogen (secondary N) is 1. The van der Waals surface area contributed by atoms with Gasteiger partial charge in [-0.25, -0.2) is 0 Å². The fraction of sp³-hybridized carbons (Fsp3) is 0.278. The Hall–Kier alpha value is -2.29. The second kappa shape index (κ2) is 6.93. The van der Waals surface area contributed by atoms with Crippen LogP contribution in [0.3, 0.4) is 0 Å². The highest BCUT2D eigenvalue weighted by Crippen LogP contribution is 2.27. The average Bonchev–Trinajstić information content (AvgIpc) is 2.48. The number of anilines is 2. The van der Waals surface area contributed by atoms with Crippen LogP contribution in [0.2, 0.25) is 0 Å². The fourth-order valence-electron chi connectivity index (χ4n) is 2.45. The van der Waals surface area contributed by atoms with E-state index in [-0.39, 0.29) is 5.84 Å². The van der Waals surface area contributed by atoms with E-state index in [1.165, 1.54) is 5.69 Å². The molecule has 0 unspecified atom stereocenters. The zero-order chi connectivity index (χ0) is 15.2. The number of rotatable bonds is 6. The summed E-state index contributed by atoms with van der Waals surface area (Å²) in [6.07, 6.45) is 2.30. The highest BCUT2D eigenvalue weighted by atomic mass is 15.1. The van der Waals surface area contributed by atoms with Gasteiger partial charge < -0.3 is 10.6 Å². The summed E-state index contributed by atoms with van der Waals surface area (Å²) in [6, 6.07) is 16.5. The largest absolute Gasteiger partial charge is 0.384 e.